The van der Waals surface area contributed by atoms with Crippen LogP contribution in [0.15, 0.2) is 29.0 Å². The van der Waals surface area contributed by atoms with Crippen LogP contribution < -0.4 is 10.1 Å². The quantitative estimate of drug-likeness (QED) is 0.921. The van der Waals surface area contributed by atoms with E-state index in [1.807, 2.05) is 13.0 Å². The van der Waals surface area contributed by atoms with Crippen molar-refractivity contribution < 1.29 is 9.15 Å². The van der Waals surface area contributed by atoms with Gasteiger partial charge in [-0.25, -0.2) is 4.98 Å². The molecule has 1 aromatic heterocycles. The van der Waals surface area contributed by atoms with E-state index in [-0.39, 0.29) is 6.10 Å². The van der Waals surface area contributed by atoms with Gasteiger partial charge in [-0.1, -0.05) is 23.2 Å². The smallest absolute Gasteiger partial charge is 0.235 e. The van der Waals surface area contributed by atoms with E-state index < -0.39 is 0 Å². The van der Waals surface area contributed by atoms with Crippen LogP contribution in [-0.2, 0) is 0 Å². The minimum atomic E-state index is -0.257. The van der Waals surface area contributed by atoms with Crippen LogP contribution in [0.5, 0.6) is 5.75 Å². The van der Waals surface area contributed by atoms with Crippen molar-refractivity contribution in [2.45, 2.75) is 19.4 Å². The zero-order valence-electron chi connectivity index (χ0n) is 11.6. The fourth-order valence-electron chi connectivity index (χ4n) is 2.62. The SMILES string of the molecule is Cc1cc(Cl)cc(Cl)c1O[C@@H](c1ncco1)[C@H]1CCNC1. The summed E-state index contributed by atoms with van der Waals surface area (Å²) < 4.78 is 11.6. The van der Waals surface area contributed by atoms with Gasteiger partial charge < -0.3 is 14.5 Å². The van der Waals surface area contributed by atoms with E-state index in [2.05, 4.69) is 10.3 Å². The highest BCUT2D eigenvalue weighted by atomic mass is 35.5. The minimum absolute atomic E-state index is 0.257. The van der Waals surface area contributed by atoms with Crippen molar-refractivity contribution in [2.75, 3.05) is 13.1 Å². The summed E-state index contributed by atoms with van der Waals surface area (Å²) in [5.74, 6) is 1.51. The molecule has 2 atom stereocenters. The molecule has 0 amide bonds. The molecule has 2 heterocycles. The molecule has 1 aromatic carbocycles. The average Bonchev–Trinajstić information content (AvgIpc) is 3.11. The van der Waals surface area contributed by atoms with Crippen molar-refractivity contribution in [3.05, 3.63) is 46.1 Å². The summed E-state index contributed by atoms with van der Waals surface area (Å²) >= 11 is 12.3. The summed E-state index contributed by atoms with van der Waals surface area (Å²) in [6.07, 6.45) is 3.94. The maximum Gasteiger partial charge on any atom is 0.235 e. The number of ether oxygens (including phenoxy) is 1. The van der Waals surface area contributed by atoms with Gasteiger partial charge in [-0.05, 0) is 37.6 Å². The largest absolute Gasteiger partial charge is 0.479 e. The molecule has 1 saturated heterocycles. The number of aryl methyl sites for hydroxylation is 1. The number of nitrogens with one attached hydrogen (secondary N) is 1. The van der Waals surface area contributed by atoms with Crippen LogP contribution in [-0.4, -0.2) is 18.1 Å². The van der Waals surface area contributed by atoms with Crippen LogP contribution in [0.25, 0.3) is 0 Å². The number of hydrogen-bond acceptors (Lipinski definition) is 4. The molecule has 112 valence electrons. The zero-order chi connectivity index (χ0) is 14.8. The molecule has 0 unspecified atom stereocenters. The van der Waals surface area contributed by atoms with Gasteiger partial charge in [-0.2, -0.15) is 0 Å². The molecule has 3 rings (SSSR count). The number of benzene rings is 1. The van der Waals surface area contributed by atoms with Crippen LogP contribution in [0, 0.1) is 12.8 Å². The van der Waals surface area contributed by atoms with E-state index in [9.17, 15) is 0 Å². The summed E-state index contributed by atoms with van der Waals surface area (Å²) in [5, 5.41) is 4.43. The summed E-state index contributed by atoms with van der Waals surface area (Å²) in [6, 6.07) is 3.52. The molecular formula is C15H16Cl2N2O2. The standard InChI is InChI=1S/C15H16Cl2N2O2/c1-9-6-11(16)7-12(17)13(9)21-14(10-2-3-18-8-10)15-19-4-5-20-15/h4-7,10,14,18H,2-3,8H2,1H3/t10-,14+/m0/s1. The Bertz CT molecular complexity index is 587. The molecule has 21 heavy (non-hydrogen) atoms. The number of nitrogens with zero attached hydrogens (tertiary/aromatic N) is 1. The van der Waals surface area contributed by atoms with Crippen LogP contribution in [0.1, 0.15) is 24.0 Å². The fourth-order valence-corrected chi connectivity index (χ4v) is 3.26. The first-order valence-electron chi connectivity index (χ1n) is 6.87. The Labute approximate surface area is 133 Å². The Morgan fingerprint density at radius 1 is 1.43 bits per heavy atom. The lowest BCUT2D eigenvalue weighted by molar-refractivity contribution is 0.113. The second kappa shape index (κ2) is 6.26. The molecule has 1 aliphatic heterocycles. The van der Waals surface area contributed by atoms with E-state index in [0.29, 0.717) is 27.6 Å². The molecule has 1 N–H and O–H groups in total. The molecule has 0 bridgehead atoms. The third-order valence-electron chi connectivity index (χ3n) is 3.66. The molecule has 6 heteroatoms. The van der Waals surface area contributed by atoms with Gasteiger partial charge in [-0.15, -0.1) is 0 Å². The van der Waals surface area contributed by atoms with Crippen LogP contribution in [0.4, 0.5) is 0 Å². The molecule has 0 spiro atoms. The van der Waals surface area contributed by atoms with Gasteiger partial charge in [0.25, 0.3) is 0 Å². The molecule has 0 saturated carbocycles. The van der Waals surface area contributed by atoms with E-state index in [1.54, 1.807) is 18.5 Å². The van der Waals surface area contributed by atoms with Crippen molar-refractivity contribution in [2.24, 2.45) is 5.92 Å². The van der Waals surface area contributed by atoms with Gasteiger partial charge in [0.1, 0.15) is 12.0 Å². The van der Waals surface area contributed by atoms with Gasteiger partial charge in [-0.3, -0.25) is 0 Å². The normalized spacial score (nSPS) is 19.7. The minimum Gasteiger partial charge on any atom is -0.479 e. The second-order valence-corrected chi connectivity index (χ2v) is 6.04. The number of aromatic nitrogens is 1. The Balaban J connectivity index is 1.91. The molecule has 2 aromatic rings. The van der Waals surface area contributed by atoms with Gasteiger partial charge in [0.2, 0.25) is 5.89 Å². The maximum absolute atomic E-state index is 6.27. The molecule has 0 radical (unpaired) electrons. The van der Waals surface area contributed by atoms with E-state index in [0.717, 1.165) is 25.1 Å². The van der Waals surface area contributed by atoms with Crippen molar-refractivity contribution in [1.29, 1.82) is 0 Å². The summed E-state index contributed by atoms with van der Waals surface area (Å²) in [4.78, 5) is 4.25. The van der Waals surface area contributed by atoms with E-state index in [1.165, 1.54) is 0 Å². The van der Waals surface area contributed by atoms with Crippen molar-refractivity contribution in [1.82, 2.24) is 10.3 Å². The van der Waals surface area contributed by atoms with Gasteiger partial charge in [0.05, 0.1) is 11.2 Å². The third kappa shape index (κ3) is 3.18. The predicted octanol–water partition coefficient (Wildman–Crippen LogP) is 4.02. The second-order valence-electron chi connectivity index (χ2n) is 5.20. The van der Waals surface area contributed by atoms with Gasteiger partial charge in [0, 0.05) is 17.5 Å². The molecule has 1 aliphatic rings. The topological polar surface area (TPSA) is 47.3 Å². The highest BCUT2D eigenvalue weighted by Gasteiger charge is 2.32. The third-order valence-corrected chi connectivity index (χ3v) is 4.16. The fraction of sp³-hybridized carbons (Fsp3) is 0.400. The average molecular weight is 327 g/mol. The zero-order valence-corrected chi connectivity index (χ0v) is 13.1. The summed E-state index contributed by atoms with van der Waals surface area (Å²) in [7, 11) is 0. The summed E-state index contributed by atoms with van der Waals surface area (Å²) in [5.41, 5.74) is 0.898. The lowest BCUT2D eigenvalue weighted by Crippen LogP contribution is -2.22. The van der Waals surface area contributed by atoms with Crippen molar-refractivity contribution >= 4 is 23.2 Å². The van der Waals surface area contributed by atoms with Gasteiger partial charge >= 0.3 is 0 Å². The molecule has 4 nitrogen and oxygen atoms in total. The van der Waals surface area contributed by atoms with Crippen LogP contribution in [0.2, 0.25) is 10.0 Å². The molecule has 1 fully saturated rings. The number of hydrogen-bond donors (Lipinski definition) is 1. The Morgan fingerprint density at radius 2 is 2.29 bits per heavy atom. The number of oxazole rings is 1. The van der Waals surface area contributed by atoms with Crippen molar-refractivity contribution in [3.8, 4) is 5.75 Å². The Hall–Kier alpha value is -1.23. The van der Waals surface area contributed by atoms with E-state index >= 15 is 0 Å². The van der Waals surface area contributed by atoms with Crippen LogP contribution in [0.3, 0.4) is 0 Å². The Morgan fingerprint density at radius 3 is 2.90 bits per heavy atom. The molecule has 0 aliphatic carbocycles. The first-order valence-corrected chi connectivity index (χ1v) is 7.63. The highest BCUT2D eigenvalue weighted by molar-refractivity contribution is 6.35. The van der Waals surface area contributed by atoms with Crippen molar-refractivity contribution in [3.63, 3.8) is 0 Å². The van der Waals surface area contributed by atoms with Crippen LogP contribution >= 0.6 is 23.2 Å². The highest BCUT2D eigenvalue weighted by Crippen LogP contribution is 2.38. The first kappa shape index (κ1) is 14.7. The lowest BCUT2D eigenvalue weighted by Gasteiger charge is -2.23. The van der Waals surface area contributed by atoms with Gasteiger partial charge in [0.15, 0.2) is 6.10 Å². The number of halogens is 2. The lowest BCUT2D eigenvalue weighted by atomic mass is 10.0. The maximum atomic E-state index is 6.27. The number of rotatable bonds is 4. The first-order chi connectivity index (χ1) is 10.1. The van der Waals surface area contributed by atoms with E-state index in [4.69, 9.17) is 32.4 Å². The monoisotopic (exact) mass is 326 g/mol. The summed E-state index contributed by atoms with van der Waals surface area (Å²) in [6.45, 7) is 3.77. The molecular weight excluding hydrogens is 311 g/mol. The Kier molecular flexibility index (Phi) is 4.38. The predicted molar refractivity (Wildman–Crippen MR) is 82.0 cm³/mol.